The molecule has 4 aromatic rings. The highest BCUT2D eigenvalue weighted by atomic mass is 14.5. The maximum absolute atomic E-state index is 6.06. The topological polar surface area (TPSA) is 52.0 Å². The lowest BCUT2D eigenvalue weighted by atomic mass is 9.62. The van der Waals surface area contributed by atoms with Crippen LogP contribution in [0.15, 0.2) is 84.9 Å². The van der Waals surface area contributed by atoms with Gasteiger partial charge in [0.1, 0.15) is 0 Å². The molecule has 1 saturated carbocycles. The van der Waals surface area contributed by atoms with Crippen molar-refractivity contribution in [2.45, 2.75) is 122 Å². The fraction of sp³-hybridized carbons (Fsp3) is 0.455. The predicted octanol–water partition coefficient (Wildman–Crippen LogP) is 12.0. The lowest BCUT2D eigenvalue weighted by molar-refractivity contribution is 0.250. The van der Waals surface area contributed by atoms with E-state index in [9.17, 15) is 0 Å². The molecule has 244 valence electrons. The Hall–Kier alpha value is -3.52. The molecule has 0 bridgehead atoms. The van der Waals surface area contributed by atoms with Crippen LogP contribution in [0.2, 0.25) is 0 Å². The van der Waals surface area contributed by atoms with Crippen molar-refractivity contribution < 1.29 is 0 Å². The molecule has 2 heteroatoms. The number of rotatable bonds is 13. The van der Waals surface area contributed by atoms with Crippen molar-refractivity contribution in [2.24, 2.45) is 5.92 Å². The van der Waals surface area contributed by atoms with Gasteiger partial charge in [-0.15, -0.1) is 0 Å². The SMILES string of the molecule is CCCCCCCCC1CCC(c2ccc(C(C)c3ccc(N)cc3C)cc2)(c2ccc(C(C)c3ccc(N)cc3C)cc2)CC1. The Morgan fingerprint density at radius 1 is 0.609 bits per heavy atom. The molecular weight excluding hydrogens is 556 g/mol. The number of benzene rings is 4. The maximum atomic E-state index is 6.06. The Balaban J connectivity index is 1.38. The van der Waals surface area contributed by atoms with Gasteiger partial charge in [-0.2, -0.15) is 0 Å². The molecule has 4 aromatic carbocycles. The standard InChI is InChI=1S/C44H58N2/c1-6-7-8-9-10-11-12-35-25-27-44(28-26-35,38-17-13-36(14-18-38)33(4)42-23-21-40(45)29-31(42)2)39-19-15-37(16-20-39)34(5)43-24-22-41(46)30-32(43)3/h13-24,29-30,33-35H,6-12,25-28,45-46H2,1-5H3. The van der Waals surface area contributed by atoms with Gasteiger partial charge in [-0.05, 0) is 114 Å². The molecule has 1 aliphatic carbocycles. The summed E-state index contributed by atoms with van der Waals surface area (Å²) >= 11 is 0. The molecule has 0 heterocycles. The van der Waals surface area contributed by atoms with E-state index in [1.165, 1.54) is 115 Å². The minimum absolute atomic E-state index is 0.0649. The second-order valence-electron chi connectivity index (χ2n) is 14.5. The van der Waals surface area contributed by atoms with Crippen LogP contribution in [0.3, 0.4) is 0 Å². The minimum atomic E-state index is 0.0649. The highest BCUT2D eigenvalue weighted by molar-refractivity contribution is 5.50. The molecule has 2 unspecified atom stereocenters. The average Bonchev–Trinajstić information content (AvgIpc) is 3.06. The van der Waals surface area contributed by atoms with E-state index in [0.29, 0.717) is 11.8 Å². The molecule has 0 spiro atoms. The van der Waals surface area contributed by atoms with Gasteiger partial charge in [0.25, 0.3) is 0 Å². The molecule has 0 aliphatic heterocycles. The Kier molecular flexibility index (Phi) is 11.3. The number of hydrogen-bond acceptors (Lipinski definition) is 2. The zero-order valence-electron chi connectivity index (χ0n) is 29.2. The zero-order valence-corrected chi connectivity index (χ0v) is 29.2. The summed E-state index contributed by atoms with van der Waals surface area (Å²) in [5.74, 6) is 1.52. The van der Waals surface area contributed by atoms with Crippen LogP contribution < -0.4 is 11.5 Å². The van der Waals surface area contributed by atoms with Crippen molar-refractivity contribution in [2.75, 3.05) is 11.5 Å². The van der Waals surface area contributed by atoms with Gasteiger partial charge in [0.05, 0.1) is 0 Å². The fourth-order valence-electron chi connectivity index (χ4n) is 8.33. The summed E-state index contributed by atoms with van der Waals surface area (Å²) in [5, 5.41) is 0. The normalized spacial score (nSPS) is 19.5. The third-order valence-corrected chi connectivity index (χ3v) is 11.4. The molecule has 5 rings (SSSR count). The van der Waals surface area contributed by atoms with E-state index in [4.69, 9.17) is 11.5 Å². The molecule has 2 atom stereocenters. The lowest BCUT2D eigenvalue weighted by Gasteiger charge is -2.42. The van der Waals surface area contributed by atoms with Crippen LogP contribution in [0.4, 0.5) is 11.4 Å². The van der Waals surface area contributed by atoms with Crippen molar-refractivity contribution in [3.63, 3.8) is 0 Å². The first kappa shape index (κ1) is 33.8. The maximum Gasteiger partial charge on any atom is 0.0316 e. The first-order valence-electron chi connectivity index (χ1n) is 18.1. The quantitative estimate of drug-likeness (QED) is 0.116. The van der Waals surface area contributed by atoms with Crippen LogP contribution in [0, 0.1) is 19.8 Å². The summed E-state index contributed by atoms with van der Waals surface area (Å²) in [6.45, 7) is 11.3. The first-order valence-corrected chi connectivity index (χ1v) is 18.1. The van der Waals surface area contributed by atoms with E-state index >= 15 is 0 Å². The second kappa shape index (κ2) is 15.4. The van der Waals surface area contributed by atoms with Gasteiger partial charge in [0.2, 0.25) is 0 Å². The largest absolute Gasteiger partial charge is 0.399 e. The number of hydrogen-bond donors (Lipinski definition) is 2. The molecule has 2 nitrogen and oxygen atoms in total. The smallest absolute Gasteiger partial charge is 0.0316 e. The van der Waals surface area contributed by atoms with E-state index in [1.807, 2.05) is 12.1 Å². The minimum Gasteiger partial charge on any atom is -0.399 e. The van der Waals surface area contributed by atoms with Gasteiger partial charge in [-0.1, -0.05) is 126 Å². The van der Waals surface area contributed by atoms with Crippen molar-refractivity contribution >= 4 is 11.4 Å². The first-order chi connectivity index (χ1) is 22.2. The summed E-state index contributed by atoms with van der Waals surface area (Å²) < 4.78 is 0. The summed E-state index contributed by atoms with van der Waals surface area (Å²) in [4.78, 5) is 0. The molecule has 0 radical (unpaired) electrons. The Bertz CT molecular complexity index is 1440. The number of unbranched alkanes of at least 4 members (excludes halogenated alkanes) is 5. The molecule has 4 N–H and O–H groups in total. The Morgan fingerprint density at radius 3 is 1.48 bits per heavy atom. The highest BCUT2D eigenvalue weighted by Crippen LogP contribution is 2.48. The van der Waals surface area contributed by atoms with E-state index in [-0.39, 0.29) is 5.41 Å². The van der Waals surface area contributed by atoms with Gasteiger partial charge >= 0.3 is 0 Å². The molecule has 0 amide bonds. The number of nitrogens with two attached hydrogens (primary N) is 2. The molecule has 1 fully saturated rings. The Morgan fingerprint density at radius 2 is 1.04 bits per heavy atom. The molecule has 46 heavy (non-hydrogen) atoms. The third-order valence-electron chi connectivity index (χ3n) is 11.4. The van der Waals surface area contributed by atoms with Crippen molar-refractivity contribution in [1.82, 2.24) is 0 Å². The van der Waals surface area contributed by atoms with Crippen LogP contribution in [0.5, 0.6) is 0 Å². The van der Waals surface area contributed by atoms with Gasteiger partial charge in [0.15, 0.2) is 0 Å². The predicted molar refractivity (Wildman–Crippen MR) is 200 cm³/mol. The summed E-state index contributed by atoms with van der Waals surface area (Å²) in [6, 6.07) is 32.0. The third kappa shape index (κ3) is 7.71. The van der Waals surface area contributed by atoms with Crippen molar-refractivity contribution in [3.8, 4) is 0 Å². The summed E-state index contributed by atoms with van der Waals surface area (Å²) in [5.41, 5.74) is 24.8. The van der Waals surface area contributed by atoms with Crippen LogP contribution in [-0.2, 0) is 5.41 Å². The molecule has 0 saturated heterocycles. The highest BCUT2D eigenvalue weighted by Gasteiger charge is 2.38. The number of nitrogen functional groups attached to an aromatic ring is 2. The van der Waals surface area contributed by atoms with Crippen LogP contribution in [0.25, 0.3) is 0 Å². The number of aryl methyl sites for hydroxylation is 2. The van der Waals surface area contributed by atoms with Gasteiger partial charge < -0.3 is 11.5 Å². The van der Waals surface area contributed by atoms with E-state index < -0.39 is 0 Å². The van der Waals surface area contributed by atoms with E-state index in [1.54, 1.807) is 0 Å². The van der Waals surface area contributed by atoms with Crippen LogP contribution in [-0.4, -0.2) is 0 Å². The summed E-state index contributed by atoms with van der Waals surface area (Å²) in [6.07, 6.45) is 14.8. The lowest BCUT2D eigenvalue weighted by Crippen LogP contribution is -2.33. The van der Waals surface area contributed by atoms with Gasteiger partial charge in [-0.3, -0.25) is 0 Å². The molecular formula is C44H58N2. The van der Waals surface area contributed by atoms with Crippen LogP contribution in [0.1, 0.15) is 148 Å². The van der Waals surface area contributed by atoms with Crippen molar-refractivity contribution in [3.05, 3.63) is 129 Å². The van der Waals surface area contributed by atoms with Gasteiger partial charge in [0, 0.05) is 28.6 Å². The molecule has 1 aliphatic rings. The van der Waals surface area contributed by atoms with E-state index in [2.05, 4.69) is 107 Å². The summed E-state index contributed by atoms with van der Waals surface area (Å²) in [7, 11) is 0. The zero-order chi connectivity index (χ0) is 32.7. The van der Waals surface area contributed by atoms with Crippen LogP contribution >= 0.6 is 0 Å². The average molecular weight is 615 g/mol. The van der Waals surface area contributed by atoms with Gasteiger partial charge in [-0.25, -0.2) is 0 Å². The van der Waals surface area contributed by atoms with E-state index in [0.717, 1.165) is 17.3 Å². The molecule has 0 aromatic heterocycles. The second-order valence-corrected chi connectivity index (χ2v) is 14.5. The number of anilines is 2. The Labute approximate surface area is 280 Å². The van der Waals surface area contributed by atoms with Crippen molar-refractivity contribution in [1.29, 1.82) is 0 Å². The monoisotopic (exact) mass is 614 g/mol. The fourth-order valence-corrected chi connectivity index (χ4v) is 8.33.